The summed E-state index contributed by atoms with van der Waals surface area (Å²) in [7, 11) is 0. The molecule has 0 saturated carbocycles. The van der Waals surface area contributed by atoms with Crippen LogP contribution in [0.2, 0.25) is 0 Å². The van der Waals surface area contributed by atoms with E-state index in [1.807, 2.05) is 0 Å². The summed E-state index contributed by atoms with van der Waals surface area (Å²) in [5.41, 5.74) is 6.01. The summed E-state index contributed by atoms with van der Waals surface area (Å²) < 4.78 is 0.786. The van der Waals surface area contributed by atoms with E-state index in [-0.39, 0.29) is 5.91 Å². The Labute approximate surface area is 78.3 Å². The lowest BCUT2D eigenvalue weighted by atomic mass is 10.4. The molecule has 1 aromatic heterocycles. The second kappa shape index (κ2) is 3.53. The quantitative estimate of drug-likeness (QED) is 0.765. The van der Waals surface area contributed by atoms with Gasteiger partial charge in [-0.25, -0.2) is 4.98 Å². The van der Waals surface area contributed by atoms with Crippen molar-refractivity contribution in [2.75, 3.05) is 11.1 Å². The fourth-order valence-corrected chi connectivity index (χ4v) is 1.08. The minimum atomic E-state index is -0.184. The van der Waals surface area contributed by atoms with Crippen molar-refractivity contribution in [3.05, 3.63) is 16.7 Å². The van der Waals surface area contributed by atoms with E-state index in [4.69, 9.17) is 5.73 Å². The molecule has 0 aliphatic rings. The number of aromatic nitrogens is 1. The highest BCUT2D eigenvalue weighted by Crippen LogP contribution is 2.19. The number of carbonyl (C=O) groups is 1. The molecule has 1 rings (SSSR count). The minimum Gasteiger partial charge on any atom is -0.396 e. The zero-order valence-corrected chi connectivity index (χ0v) is 8.05. The average Bonchev–Trinajstić information content (AvgIpc) is 1.94. The van der Waals surface area contributed by atoms with E-state index in [1.165, 1.54) is 6.92 Å². The molecule has 0 radical (unpaired) electrons. The third-order valence-electron chi connectivity index (χ3n) is 1.18. The first-order chi connectivity index (χ1) is 5.59. The van der Waals surface area contributed by atoms with Gasteiger partial charge in [0, 0.05) is 17.6 Å². The molecule has 0 aliphatic heterocycles. The minimum absolute atomic E-state index is 0.184. The van der Waals surface area contributed by atoms with Crippen molar-refractivity contribution in [1.82, 2.24) is 4.98 Å². The van der Waals surface area contributed by atoms with Gasteiger partial charge >= 0.3 is 0 Å². The Morgan fingerprint density at radius 2 is 2.42 bits per heavy atom. The zero-order chi connectivity index (χ0) is 9.14. The number of nitrogen functional groups attached to an aromatic ring is 1. The Kier molecular flexibility index (Phi) is 2.65. The molecule has 5 heteroatoms. The van der Waals surface area contributed by atoms with E-state index in [2.05, 4.69) is 26.2 Å². The highest BCUT2D eigenvalue weighted by Gasteiger charge is 2.01. The molecule has 0 spiro atoms. The molecule has 4 nitrogen and oxygen atoms in total. The SMILES string of the molecule is CC(=O)Nc1ncc(Br)cc1N. The first-order valence-electron chi connectivity index (χ1n) is 3.28. The number of nitrogens with zero attached hydrogens (tertiary/aromatic N) is 1. The monoisotopic (exact) mass is 229 g/mol. The predicted molar refractivity (Wildman–Crippen MR) is 50.7 cm³/mol. The van der Waals surface area contributed by atoms with Crippen molar-refractivity contribution in [3.63, 3.8) is 0 Å². The Hall–Kier alpha value is -1.10. The van der Waals surface area contributed by atoms with E-state index in [0.29, 0.717) is 11.5 Å². The van der Waals surface area contributed by atoms with Gasteiger partial charge in [-0.3, -0.25) is 4.79 Å². The fraction of sp³-hybridized carbons (Fsp3) is 0.143. The smallest absolute Gasteiger partial charge is 0.222 e. The molecule has 1 amide bonds. The first-order valence-corrected chi connectivity index (χ1v) is 4.07. The normalized spacial score (nSPS) is 9.50. The van der Waals surface area contributed by atoms with Crippen LogP contribution in [0.4, 0.5) is 11.5 Å². The van der Waals surface area contributed by atoms with Crippen LogP contribution in [-0.2, 0) is 4.79 Å². The van der Waals surface area contributed by atoms with Crippen LogP contribution in [0.25, 0.3) is 0 Å². The van der Waals surface area contributed by atoms with Crippen LogP contribution in [0.1, 0.15) is 6.92 Å². The lowest BCUT2D eigenvalue weighted by Crippen LogP contribution is -2.09. The molecule has 0 saturated heterocycles. The van der Waals surface area contributed by atoms with Crippen molar-refractivity contribution in [3.8, 4) is 0 Å². The summed E-state index contributed by atoms with van der Waals surface area (Å²) in [5.74, 6) is 0.210. The van der Waals surface area contributed by atoms with E-state index < -0.39 is 0 Å². The predicted octanol–water partition coefficient (Wildman–Crippen LogP) is 1.38. The summed E-state index contributed by atoms with van der Waals surface area (Å²) in [6.07, 6.45) is 1.57. The summed E-state index contributed by atoms with van der Waals surface area (Å²) in [6, 6.07) is 1.68. The van der Waals surface area contributed by atoms with E-state index in [0.717, 1.165) is 4.47 Å². The van der Waals surface area contributed by atoms with Crippen LogP contribution in [0.15, 0.2) is 16.7 Å². The van der Waals surface area contributed by atoms with E-state index in [1.54, 1.807) is 12.3 Å². The number of hydrogen-bond acceptors (Lipinski definition) is 3. The first kappa shape index (κ1) is 8.99. The maximum Gasteiger partial charge on any atom is 0.222 e. The molecule has 3 N–H and O–H groups in total. The second-order valence-corrected chi connectivity index (χ2v) is 3.19. The van der Waals surface area contributed by atoms with Crippen molar-refractivity contribution >= 4 is 33.3 Å². The molecular formula is C7H8BrN3O. The number of halogens is 1. The molecule has 1 heterocycles. The van der Waals surface area contributed by atoms with Crippen molar-refractivity contribution in [2.45, 2.75) is 6.92 Å². The van der Waals surface area contributed by atoms with Crippen LogP contribution < -0.4 is 11.1 Å². The van der Waals surface area contributed by atoms with Gasteiger partial charge in [0.2, 0.25) is 5.91 Å². The third-order valence-corrected chi connectivity index (χ3v) is 1.61. The van der Waals surface area contributed by atoms with Crippen LogP contribution in [0.5, 0.6) is 0 Å². The average molecular weight is 230 g/mol. The third kappa shape index (κ3) is 2.20. The highest BCUT2D eigenvalue weighted by atomic mass is 79.9. The number of hydrogen-bond donors (Lipinski definition) is 2. The lowest BCUT2D eigenvalue weighted by molar-refractivity contribution is -0.114. The summed E-state index contributed by atoms with van der Waals surface area (Å²) >= 11 is 3.21. The van der Waals surface area contributed by atoms with Gasteiger partial charge in [0.1, 0.15) is 0 Å². The van der Waals surface area contributed by atoms with Crippen molar-refractivity contribution in [1.29, 1.82) is 0 Å². The maximum absolute atomic E-state index is 10.6. The number of rotatable bonds is 1. The van der Waals surface area contributed by atoms with Crippen LogP contribution in [0.3, 0.4) is 0 Å². The second-order valence-electron chi connectivity index (χ2n) is 2.27. The molecule has 0 atom stereocenters. The molecule has 1 aromatic rings. The number of amides is 1. The molecule has 0 fully saturated rings. The molecule has 64 valence electrons. The Morgan fingerprint density at radius 3 is 2.92 bits per heavy atom. The van der Waals surface area contributed by atoms with E-state index >= 15 is 0 Å². The molecular weight excluding hydrogens is 222 g/mol. The molecule has 0 unspecified atom stereocenters. The van der Waals surface area contributed by atoms with Gasteiger partial charge < -0.3 is 11.1 Å². The maximum atomic E-state index is 10.6. The van der Waals surface area contributed by atoms with Crippen molar-refractivity contribution in [2.24, 2.45) is 0 Å². The van der Waals surface area contributed by atoms with Gasteiger partial charge in [-0.2, -0.15) is 0 Å². The topological polar surface area (TPSA) is 68.0 Å². The van der Waals surface area contributed by atoms with Gasteiger partial charge in [-0.05, 0) is 22.0 Å². The standard InChI is InChI=1S/C7H8BrN3O/c1-4(12)11-7-6(9)2-5(8)3-10-7/h2-3H,9H2,1H3,(H,10,11,12). The number of carbonyl (C=O) groups excluding carboxylic acids is 1. The number of nitrogens with one attached hydrogen (secondary N) is 1. The zero-order valence-electron chi connectivity index (χ0n) is 6.47. The molecule has 0 aromatic carbocycles. The molecule has 12 heavy (non-hydrogen) atoms. The Balaban J connectivity index is 2.93. The van der Waals surface area contributed by atoms with Crippen LogP contribution in [-0.4, -0.2) is 10.9 Å². The number of anilines is 2. The van der Waals surface area contributed by atoms with Crippen LogP contribution >= 0.6 is 15.9 Å². The van der Waals surface area contributed by atoms with Crippen LogP contribution in [0, 0.1) is 0 Å². The van der Waals surface area contributed by atoms with E-state index in [9.17, 15) is 4.79 Å². The van der Waals surface area contributed by atoms with Gasteiger partial charge in [0.15, 0.2) is 5.82 Å². The molecule has 0 bridgehead atoms. The number of nitrogens with two attached hydrogens (primary N) is 1. The summed E-state index contributed by atoms with van der Waals surface area (Å²) in [6.45, 7) is 1.41. The summed E-state index contributed by atoms with van der Waals surface area (Å²) in [4.78, 5) is 14.5. The van der Waals surface area contributed by atoms with Gasteiger partial charge in [0.05, 0.1) is 5.69 Å². The van der Waals surface area contributed by atoms with Crippen molar-refractivity contribution < 1.29 is 4.79 Å². The fourth-order valence-electron chi connectivity index (χ4n) is 0.726. The van der Waals surface area contributed by atoms with Gasteiger partial charge in [-0.15, -0.1) is 0 Å². The largest absolute Gasteiger partial charge is 0.396 e. The van der Waals surface area contributed by atoms with Gasteiger partial charge in [0.25, 0.3) is 0 Å². The lowest BCUT2D eigenvalue weighted by Gasteiger charge is -2.03. The van der Waals surface area contributed by atoms with Gasteiger partial charge in [-0.1, -0.05) is 0 Å². The number of pyridine rings is 1. The molecule has 0 aliphatic carbocycles. The highest BCUT2D eigenvalue weighted by molar-refractivity contribution is 9.10. The Morgan fingerprint density at radius 1 is 1.75 bits per heavy atom. The Bertz CT molecular complexity index is 314. The summed E-state index contributed by atoms with van der Waals surface area (Å²) in [5, 5.41) is 2.50.